The maximum Gasteiger partial charge on any atom is 0.407 e. The number of carbonyl (C=O) groups is 6. The number of likely N-dealkylation sites (tertiary alicyclic amines) is 1. The average Bonchev–Trinajstić information content (AvgIpc) is 2.03. The first kappa shape index (κ1) is 67.6. The standard InChI is InChI=1S/C34H43N3O6.C32H37N3O6.FH.Ru/c1-7-9-10-13-18-42-33(40)35-30(34(3,4)5)31(38)37-21-23(20-28(37)32(39)41-6)43-36-29-26-15-12-11-14-24(26)25-17-16-22(8-2)19-27(25)29;1-32(2,3)28-29(36)35-19-21(18-26(35)30(37)39-4)41-34-27-24-13-9-8-12-22(24)23-15-14-20(17-25(23)27)11-7-5-6-10-16-40-31(38)33-28;;/h7-8,11-12,14-17,19,23,28-30,36H,1-2,9-10,13,18,20-21H2,3-6H3,(H,35,40);7-9,11-15,17,21,26,28H,5-6,10,16,18-19H2,1-4H3,(H,33,38);1H;/b;11-7+,34-27?;;/t23-,28+,29?,30-;21-,26+,28-;;/m11../s1. The van der Waals surface area contributed by atoms with Crippen molar-refractivity contribution in [3.8, 4) is 22.3 Å². The molecule has 3 N–H and O–H groups in total. The number of alkyl carbamates (subject to hydrolysis) is 2. The summed E-state index contributed by atoms with van der Waals surface area (Å²) in [6, 6.07) is 24.9. The number of rotatable bonds is 13. The van der Waals surface area contributed by atoms with Crippen molar-refractivity contribution in [1.29, 1.82) is 0 Å². The molecular weight excluding hydrogens is 1190 g/mol. The number of cyclic esters (lactones) is 1. The van der Waals surface area contributed by atoms with Crippen LogP contribution in [0.25, 0.3) is 34.4 Å². The van der Waals surface area contributed by atoms with E-state index in [1.54, 1.807) is 6.08 Å². The molecule has 0 spiro atoms. The van der Waals surface area contributed by atoms with Crippen LogP contribution in [0.4, 0.5) is 14.3 Å². The quantitative estimate of drug-likeness (QED) is 0.0250. The van der Waals surface area contributed by atoms with Gasteiger partial charge in [0.25, 0.3) is 0 Å². The molecule has 2 aliphatic carbocycles. The van der Waals surface area contributed by atoms with Gasteiger partial charge in [0.1, 0.15) is 36.0 Å². The Balaban J connectivity index is 0.000000269. The third kappa shape index (κ3) is 15.9. The van der Waals surface area contributed by atoms with Crippen molar-refractivity contribution in [2.24, 2.45) is 16.0 Å². The van der Waals surface area contributed by atoms with Crippen molar-refractivity contribution in [3.05, 3.63) is 144 Å². The van der Waals surface area contributed by atoms with Crippen LogP contribution in [0.3, 0.4) is 0 Å². The van der Waals surface area contributed by atoms with E-state index < -0.39 is 83.1 Å². The summed E-state index contributed by atoms with van der Waals surface area (Å²) in [5.74, 6) is -1.88. The van der Waals surface area contributed by atoms with Crippen molar-refractivity contribution < 1.29 is 81.6 Å². The van der Waals surface area contributed by atoms with E-state index in [2.05, 4.69) is 95.1 Å². The van der Waals surface area contributed by atoms with Gasteiger partial charge < -0.3 is 44.2 Å². The minimum atomic E-state index is -0.932. The third-order valence-electron chi connectivity index (χ3n) is 15.7. The van der Waals surface area contributed by atoms with E-state index in [0.717, 1.165) is 87.0 Å². The molecule has 7 atom stereocenters. The number of methoxy groups -OCH3 is 2. The fourth-order valence-electron chi connectivity index (χ4n) is 11.3. The molecule has 18 nitrogen and oxygen atoms in total. The Bertz CT molecular complexity index is 3170. The van der Waals surface area contributed by atoms with Crippen LogP contribution < -0.4 is 16.1 Å². The van der Waals surface area contributed by atoms with E-state index in [0.29, 0.717) is 12.8 Å². The molecule has 3 heterocycles. The number of fused-ring (bicyclic) bond motifs is 9. The molecule has 462 valence electrons. The minimum absolute atomic E-state index is 0. The first-order valence-electron chi connectivity index (χ1n) is 28.9. The Hall–Kier alpha value is -7.54. The van der Waals surface area contributed by atoms with Crippen LogP contribution in [0.2, 0.25) is 0 Å². The van der Waals surface area contributed by atoms with Crippen molar-refractivity contribution >= 4 is 53.8 Å². The zero-order chi connectivity index (χ0) is 60.3. The molecule has 0 saturated carbocycles. The van der Waals surface area contributed by atoms with Gasteiger partial charge in [-0.3, -0.25) is 19.1 Å². The van der Waals surface area contributed by atoms with E-state index in [1.807, 2.05) is 84.0 Å². The molecule has 4 amide bonds. The van der Waals surface area contributed by atoms with Crippen LogP contribution in [0.1, 0.15) is 132 Å². The van der Waals surface area contributed by atoms with Gasteiger partial charge in [0.15, 0.2) is 0 Å². The SMILES string of the molecule is C=CCCCCOC(=O)N[C@H](C(=O)N1C[C@H](ONC2c3ccccc3-c3ccc(C=C)cc32)C[C@H]1C(=O)OC)C(C)(C)C.COC(=O)[C@@H]1C[C@@H]2CN1C(=O)[C@H](C(C)(C)C)NC(=O)OCCCC/C=C/c1ccc3c(c1)C(=NO2)c1ccccc1-3.F.[Ru]. The van der Waals surface area contributed by atoms with E-state index in [9.17, 15) is 28.8 Å². The number of halogens is 1. The third-order valence-corrected chi connectivity index (χ3v) is 15.7. The second-order valence-electron chi connectivity index (χ2n) is 23.8. The molecule has 2 fully saturated rings. The number of oxime groups is 1. The molecule has 1 unspecified atom stereocenters. The molecule has 20 heteroatoms. The Kier molecular flexibility index (Phi) is 23.7. The van der Waals surface area contributed by atoms with Crippen LogP contribution in [0, 0.1) is 10.8 Å². The summed E-state index contributed by atoms with van der Waals surface area (Å²) in [5, 5.41) is 10.1. The topological polar surface area (TPSA) is 213 Å². The maximum absolute atomic E-state index is 13.9. The van der Waals surface area contributed by atoms with Crippen LogP contribution in [-0.4, -0.2) is 128 Å². The fraction of sp³-hybridized carbons (Fsp3) is 0.439. The number of benzene rings is 4. The Morgan fingerprint density at radius 1 is 0.802 bits per heavy atom. The van der Waals surface area contributed by atoms with E-state index >= 15 is 0 Å². The summed E-state index contributed by atoms with van der Waals surface area (Å²) in [6.45, 7) is 19.5. The number of hydroxylamine groups is 1. The summed E-state index contributed by atoms with van der Waals surface area (Å²) in [7, 11) is 2.59. The van der Waals surface area contributed by atoms with E-state index in [1.165, 1.54) is 24.0 Å². The molecule has 4 bridgehead atoms. The van der Waals surface area contributed by atoms with Crippen molar-refractivity contribution in [2.45, 2.75) is 135 Å². The van der Waals surface area contributed by atoms with Gasteiger partial charge in [-0.05, 0) is 106 Å². The Labute approximate surface area is 516 Å². The fourth-order valence-corrected chi connectivity index (χ4v) is 11.3. The maximum atomic E-state index is 13.9. The van der Waals surface area contributed by atoms with Gasteiger partial charge in [0, 0.05) is 50.0 Å². The molecule has 2 saturated heterocycles. The number of carbonyl (C=O) groups excluding carboxylic acids is 6. The molecule has 4 aromatic rings. The monoisotopic (exact) mass is 1270 g/mol. The summed E-state index contributed by atoms with van der Waals surface area (Å²) >= 11 is 0. The normalized spacial score (nSPS) is 21.2. The molecule has 0 aromatic heterocycles. The van der Waals surface area contributed by atoms with Crippen LogP contribution >= 0.6 is 0 Å². The largest absolute Gasteiger partial charge is 0.467 e. The second kappa shape index (κ2) is 30.2. The number of unbranched alkanes of at least 4 members (excludes halogenated alkanes) is 2. The molecule has 5 aliphatic rings. The Morgan fingerprint density at radius 3 is 2.17 bits per heavy atom. The number of esters is 2. The van der Waals surface area contributed by atoms with Gasteiger partial charge in [-0.25, -0.2) is 19.2 Å². The molecule has 86 heavy (non-hydrogen) atoms. The number of hydrogen-bond donors (Lipinski definition) is 3. The van der Waals surface area contributed by atoms with Gasteiger partial charge >= 0.3 is 24.1 Å². The van der Waals surface area contributed by atoms with E-state index in [4.69, 9.17) is 28.6 Å². The van der Waals surface area contributed by atoms with Crippen LogP contribution in [0.15, 0.2) is 115 Å². The first-order valence-corrected chi connectivity index (χ1v) is 28.9. The van der Waals surface area contributed by atoms with Gasteiger partial charge in [0.05, 0.1) is 46.1 Å². The minimum Gasteiger partial charge on any atom is -0.467 e. The number of nitrogens with zero attached hydrogens (tertiary/aromatic N) is 3. The number of allylic oxidation sites excluding steroid dienone is 2. The van der Waals surface area contributed by atoms with Gasteiger partial charge in [0.2, 0.25) is 11.8 Å². The molecule has 4 aromatic carbocycles. The predicted octanol–water partition coefficient (Wildman–Crippen LogP) is 10.6. The second-order valence-corrected chi connectivity index (χ2v) is 23.8. The number of ether oxygens (including phenoxy) is 4. The number of amides is 4. The molecule has 9 rings (SSSR count). The van der Waals surface area contributed by atoms with Crippen molar-refractivity contribution in [1.82, 2.24) is 25.9 Å². The Morgan fingerprint density at radius 2 is 1.48 bits per heavy atom. The number of hydrogen-bond acceptors (Lipinski definition) is 14. The predicted molar refractivity (Wildman–Crippen MR) is 323 cm³/mol. The smallest absolute Gasteiger partial charge is 0.407 e. The van der Waals surface area contributed by atoms with Gasteiger partial charge in [-0.15, -0.1) is 6.58 Å². The summed E-state index contributed by atoms with van der Waals surface area (Å²) in [6.07, 6.45) is 10.7. The zero-order valence-corrected chi connectivity index (χ0v) is 52.1. The van der Waals surface area contributed by atoms with Gasteiger partial charge in [-0.2, -0.15) is 5.48 Å². The van der Waals surface area contributed by atoms with Crippen molar-refractivity contribution in [2.75, 3.05) is 40.5 Å². The van der Waals surface area contributed by atoms with Gasteiger partial charge in [-0.1, -0.05) is 150 Å². The van der Waals surface area contributed by atoms with E-state index in [-0.39, 0.29) is 69.4 Å². The number of nitrogens with one attached hydrogen (secondary N) is 3. The molecule has 3 aliphatic heterocycles. The van der Waals surface area contributed by atoms with Crippen molar-refractivity contribution in [3.63, 3.8) is 0 Å². The zero-order valence-electron chi connectivity index (χ0n) is 50.3. The first-order chi connectivity index (χ1) is 40.3. The molecule has 0 radical (unpaired) electrons. The average molecular weight is 1270 g/mol. The summed E-state index contributed by atoms with van der Waals surface area (Å²) in [4.78, 5) is 93.9. The van der Waals surface area contributed by atoms with Crippen LogP contribution in [-0.2, 0) is 67.3 Å². The molecular formula is C66H81FN6O12Ru. The summed E-state index contributed by atoms with van der Waals surface area (Å²) < 4.78 is 20.8. The van der Waals surface area contributed by atoms with Crippen LogP contribution in [0.5, 0.6) is 0 Å². The summed E-state index contributed by atoms with van der Waals surface area (Å²) in [5.41, 5.74) is 13.2.